The average molecular weight is 438 g/mol. The minimum Gasteiger partial charge on any atom is -0.393 e. The lowest BCUT2D eigenvalue weighted by atomic mass is 10.1. The van der Waals surface area contributed by atoms with Crippen molar-refractivity contribution in [2.24, 2.45) is 0 Å². The molecule has 2 atom stereocenters. The van der Waals surface area contributed by atoms with E-state index in [0.29, 0.717) is 27.9 Å². The normalized spacial score (nSPS) is 21.2. The lowest BCUT2D eigenvalue weighted by molar-refractivity contribution is -0.000502. The van der Waals surface area contributed by atoms with Crippen LogP contribution in [0.25, 0.3) is 0 Å². The highest BCUT2D eigenvalue weighted by molar-refractivity contribution is 7.82. The summed E-state index contributed by atoms with van der Waals surface area (Å²) in [6.45, 7) is 0.271. The maximum atomic E-state index is 12.3. The molecule has 0 radical (unpaired) electrons. The van der Waals surface area contributed by atoms with E-state index >= 15 is 0 Å². The van der Waals surface area contributed by atoms with E-state index in [0.717, 1.165) is 4.90 Å². The monoisotopic (exact) mass is 437 g/mol. The van der Waals surface area contributed by atoms with E-state index in [1.165, 1.54) is 18.2 Å². The van der Waals surface area contributed by atoms with Crippen molar-refractivity contribution in [1.82, 2.24) is 4.31 Å². The first-order valence-electron chi connectivity index (χ1n) is 7.64. The molecule has 4 nitrogen and oxygen atoms in total. The largest absolute Gasteiger partial charge is 0.393 e. The maximum absolute atomic E-state index is 12.3. The van der Waals surface area contributed by atoms with Gasteiger partial charge in [-0.15, -0.1) is 12.6 Å². The second-order valence-corrected chi connectivity index (χ2v) is 8.61. The molecule has 2 aromatic rings. The number of benzene rings is 2. The van der Waals surface area contributed by atoms with Crippen molar-refractivity contribution in [3.63, 3.8) is 0 Å². The lowest BCUT2D eigenvalue weighted by Crippen LogP contribution is -2.37. The second kappa shape index (κ2) is 9.50. The van der Waals surface area contributed by atoms with Crippen molar-refractivity contribution in [2.45, 2.75) is 21.8 Å². The Kier molecular flexibility index (Phi) is 7.90. The van der Waals surface area contributed by atoms with Gasteiger partial charge in [-0.1, -0.05) is 23.2 Å². The molecule has 0 amide bonds. The van der Waals surface area contributed by atoms with Gasteiger partial charge in [-0.3, -0.25) is 0 Å². The standard InChI is InChI=1S/C11H13Cl2NO3S.C6H5FS/c12-8-1-2-10(9(13)5-8)18(17)14-4-3-11(16,6-14)7-15;7-5-1-3-6(8)4-2-5/h1-2,5,15-16H,3-4,6-7H2;1-4,8H. The smallest absolute Gasteiger partial charge is 0.129 e. The average Bonchev–Trinajstić information content (AvgIpc) is 3.01. The van der Waals surface area contributed by atoms with Crippen LogP contribution in [0.1, 0.15) is 6.42 Å². The minimum atomic E-state index is -1.46. The van der Waals surface area contributed by atoms with Gasteiger partial charge in [0.25, 0.3) is 0 Å². The Morgan fingerprint density at radius 2 is 1.88 bits per heavy atom. The first-order chi connectivity index (χ1) is 12.2. The number of halogens is 3. The number of aliphatic hydroxyl groups is 2. The summed E-state index contributed by atoms with van der Waals surface area (Å²) in [5.74, 6) is -0.220. The summed E-state index contributed by atoms with van der Waals surface area (Å²) < 4.78 is 25.9. The number of rotatable bonds is 3. The lowest BCUT2D eigenvalue weighted by Gasteiger charge is -2.20. The Balaban J connectivity index is 0.000000254. The van der Waals surface area contributed by atoms with Crippen LogP contribution in [0.4, 0.5) is 4.39 Å². The van der Waals surface area contributed by atoms with Gasteiger partial charge in [0.15, 0.2) is 0 Å². The van der Waals surface area contributed by atoms with Crippen LogP contribution in [0, 0.1) is 5.82 Å². The molecule has 0 bridgehead atoms. The summed E-state index contributed by atoms with van der Waals surface area (Å²) in [5, 5.41) is 19.8. The fraction of sp³-hybridized carbons (Fsp3) is 0.294. The molecule has 1 fully saturated rings. The Morgan fingerprint density at radius 1 is 1.23 bits per heavy atom. The van der Waals surface area contributed by atoms with Crippen molar-refractivity contribution in [3.8, 4) is 0 Å². The third-order valence-corrected chi connectivity index (χ3v) is 6.21. The Morgan fingerprint density at radius 3 is 2.38 bits per heavy atom. The fourth-order valence-electron chi connectivity index (χ4n) is 2.29. The van der Waals surface area contributed by atoms with E-state index in [9.17, 15) is 13.7 Å². The SMILES string of the molecule is Fc1ccc(S)cc1.O=S(c1ccc(Cl)cc1Cl)N1CCC(O)(CO)C1. The fourth-order valence-corrected chi connectivity index (χ4v) is 4.35. The van der Waals surface area contributed by atoms with Gasteiger partial charge in [-0.2, -0.15) is 0 Å². The quantitative estimate of drug-likeness (QED) is 0.643. The Labute approximate surface area is 169 Å². The van der Waals surface area contributed by atoms with Crippen molar-refractivity contribution < 1.29 is 18.8 Å². The summed E-state index contributed by atoms with van der Waals surface area (Å²) >= 11 is 15.7. The van der Waals surface area contributed by atoms with Crippen LogP contribution in [0.3, 0.4) is 0 Å². The van der Waals surface area contributed by atoms with Gasteiger partial charge in [0, 0.05) is 23.0 Å². The predicted octanol–water partition coefficient (Wildman–Crippen LogP) is 3.56. The highest BCUT2D eigenvalue weighted by Crippen LogP contribution is 2.29. The van der Waals surface area contributed by atoms with Crippen LogP contribution >= 0.6 is 35.8 Å². The van der Waals surface area contributed by atoms with Gasteiger partial charge in [0.2, 0.25) is 0 Å². The minimum absolute atomic E-state index is 0.162. The third-order valence-electron chi connectivity index (χ3n) is 3.73. The zero-order chi connectivity index (χ0) is 19.3. The second-order valence-electron chi connectivity index (χ2n) is 5.80. The van der Waals surface area contributed by atoms with Crippen molar-refractivity contribution in [2.75, 3.05) is 19.7 Å². The molecule has 142 valence electrons. The van der Waals surface area contributed by atoms with Crippen LogP contribution in [0.5, 0.6) is 0 Å². The van der Waals surface area contributed by atoms with Gasteiger partial charge in [-0.05, 0) is 48.9 Å². The molecule has 9 heteroatoms. The van der Waals surface area contributed by atoms with Gasteiger partial charge in [0.1, 0.15) is 22.4 Å². The van der Waals surface area contributed by atoms with Crippen LogP contribution in [0.2, 0.25) is 10.0 Å². The summed E-state index contributed by atoms with van der Waals surface area (Å²) in [4.78, 5) is 1.25. The summed E-state index contributed by atoms with van der Waals surface area (Å²) in [7, 11) is -1.46. The number of hydrogen-bond donors (Lipinski definition) is 3. The van der Waals surface area contributed by atoms with Gasteiger partial charge >= 0.3 is 0 Å². The highest BCUT2D eigenvalue weighted by atomic mass is 35.5. The van der Waals surface area contributed by atoms with E-state index in [1.54, 1.807) is 28.6 Å². The topological polar surface area (TPSA) is 60.8 Å². The van der Waals surface area contributed by atoms with E-state index in [1.807, 2.05) is 0 Å². The third kappa shape index (κ3) is 5.92. The van der Waals surface area contributed by atoms with Crippen molar-refractivity contribution in [1.29, 1.82) is 0 Å². The predicted molar refractivity (Wildman–Crippen MR) is 105 cm³/mol. The van der Waals surface area contributed by atoms with Crippen LogP contribution in [-0.4, -0.2) is 44.0 Å². The molecule has 3 rings (SSSR count). The molecular formula is C17H18Cl2FNO3S2. The number of β-amino-alcohol motifs (C(OH)–C–C–N with tert-alkyl or cyclic N) is 1. The molecule has 1 aliphatic heterocycles. The summed E-state index contributed by atoms with van der Waals surface area (Å²) in [5.41, 5.74) is -1.17. The first kappa shape index (κ1) is 21.6. The number of aliphatic hydroxyl groups excluding tert-OH is 1. The molecule has 1 heterocycles. The van der Waals surface area contributed by atoms with Crippen LogP contribution < -0.4 is 0 Å². The van der Waals surface area contributed by atoms with Gasteiger partial charge in [-0.25, -0.2) is 12.9 Å². The van der Waals surface area contributed by atoms with Crippen LogP contribution in [0.15, 0.2) is 52.3 Å². The van der Waals surface area contributed by atoms with Gasteiger partial charge in [0.05, 0.1) is 16.5 Å². The Hall–Kier alpha value is -0.670. The molecule has 1 aliphatic rings. The Bertz CT molecular complexity index is 758. The van der Waals surface area contributed by atoms with Gasteiger partial charge < -0.3 is 10.2 Å². The molecule has 0 saturated carbocycles. The number of thiol groups is 1. The molecule has 1 saturated heterocycles. The zero-order valence-electron chi connectivity index (χ0n) is 13.6. The molecule has 0 spiro atoms. The molecule has 26 heavy (non-hydrogen) atoms. The molecule has 2 unspecified atom stereocenters. The van der Waals surface area contributed by atoms with E-state index in [4.69, 9.17) is 28.3 Å². The molecule has 2 N–H and O–H groups in total. The highest BCUT2D eigenvalue weighted by Gasteiger charge is 2.38. The molecular weight excluding hydrogens is 420 g/mol. The summed E-state index contributed by atoms with van der Waals surface area (Å²) in [6, 6.07) is 10.7. The maximum Gasteiger partial charge on any atom is 0.129 e. The number of nitrogens with zero attached hydrogens (tertiary/aromatic N) is 1. The molecule has 2 aromatic carbocycles. The van der Waals surface area contributed by atoms with E-state index in [-0.39, 0.29) is 19.0 Å². The van der Waals surface area contributed by atoms with Crippen LogP contribution in [-0.2, 0) is 11.0 Å². The molecule has 0 aliphatic carbocycles. The number of hydrogen-bond acceptors (Lipinski definition) is 4. The first-order valence-corrected chi connectivity index (χ1v) is 9.95. The van der Waals surface area contributed by atoms with E-state index in [2.05, 4.69) is 12.6 Å². The van der Waals surface area contributed by atoms with Crippen molar-refractivity contribution in [3.05, 3.63) is 58.3 Å². The van der Waals surface area contributed by atoms with Crippen molar-refractivity contribution >= 4 is 46.8 Å². The molecule has 0 aromatic heterocycles. The zero-order valence-corrected chi connectivity index (χ0v) is 16.8. The summed E-state index contributed by atoms with van der Waals surface area (Å²) in [6.07, 6.45) is 0.389. The van der Waals surface area contributed by atoms with E-state index < -0.39 is 16.6 Å².